The van der Waals surface area contributed by atoms with Crippen LogP contribution < -0.4 is 14.8 Å². The maximum absolute atomic E-state index is 11.8. The van der Waals surface area contributed by atoms with Crippen molar-refractivity contribution < 1.29 is 19.1 Å². The number of ether oxygens (including phenoxy) is 2. The predicted molar refractivity (Wildman–Crippen MR) is 97.5 cm³/mol. The van der Waals surface area contributed by atoms with Gasteiger partial charge in [-0.15, -0.1) is 0 Å². The van der Waals surface area contributed by atoms with E-state index in [4.69, 9.17) is 9.47 Å². The SMILES string of the molecule is C=C(C)C(=O)Nc1ccc(OC(=O)C=Cc2ccc(OC)cc2)cc1. The van der Waals surface area contributed by atoms with E-state index in [2.05, 4.69) is 11.9 Å². The van der Waals surface area contributed by atoms with Crippen molar-refractivity contribution in [3.05, 3.63) is 72.3 Å². The molecule has 0 saturated heterocycles. The van der Waals surface area contributed by atoms with Gasteiger partial charge in [0.05, 0.1) is 7.11 Å². The summed E-state index contributed by atoms with van der Waals surface area (Å²) >= 11 is 0. The molecule has 5 nitrogen and oxygen atoms in total. The first kappa shape index (κ1) is 18.0. The Balaban J connectivity index is 1.92. The minimum atomic E-state index is -0.491. The summed E-state index contributed by atoms with van der Waals surface area (Å²) in [6.07, 6.45) is 3.00. The number of benzene rings is 2. The molecule has 0 spiro atoms. The Morgan fingerprint density at radius 3 is 2.16 bits per heavy atom. The van der Waals surface area contributed by atoms with Crippen LogP contribution in [-0.2, 0) is 9.59 Å². The second-order valence-corrected chi connectivity index (χ2v) is 5.29. The fraction of sp³-hybridized carbons (Fsp3) is 0.100. The average Bonchev–Trinajstić information content (AvgIpc) is 2.62. The Morgan fingerprint density at radius 2 is 1.60 bits per heavy atom. The van der Waals surface area contributed by atoms with Crippen LogP contribution in [0.25, 0.3) is 6.08 Å². The molecule has 2 aromatic rings. The van der Waals surface area contributed by atoms with Gasteiger partial charge >= 0.3 is 5.97 Å². The largest absolute Gasteiger partial charge is 0.497 e. The maximum Gasteiger partial charge on any atom is 0.336 e. The van der Waals surface area contributed by atoms with Crippen LogP contribution in [-0.4, -0.2) is 19.0 Å². The van der Waals surface area contributed by atoms with Crippen LogP contribution in [0.15, 0.2) is 66.8 Å². The van der Waals surface area contributed by atoms with Gasteiger partial charge in [-0.1, -0.05) is 18.7 Å². The third-order valence-electron chi connectivity index (χ3n) is 3.25. The van der Waals surface area contributed by atoms with Crippen molar-refractivity contribution in [1.29, 1.82) is 0 Å². The zero-order valence-corrected chi connectivity index (χ0v) is 14.1. The van der Waals surface area contributed by atoms with Gasteiger partial charge in [0.1, 0.15) is 11.5 Å². The van der Waals surface area contributed by atoms with E-state index in [1.54, 1.807) is 44.4 Å². The van der Waals surface area contributed by atoms with Crippen molar-refractivity contribution in [2.45, 2.75) is 6.92 Å². The van der Waals surface area contributed by atoms with Gasteiger partial charge in [0, 0.05) is 17.3 Å². The van der Waals surface area contributed by atoms with Gasteiger partial charge in [-0.25, -0.2) is 4.79 Å². The van der Waals surface area contributed by atoms with Gasteiger partial charge in [-0.2, -0.15) is 0 Å². The number of rotatable bonds is 6. The Hall–Kier alpha value is -3.34. The number of methoxy groups -OCH3 is 1. The molecular formula is C20H19NO4. The number of carbonyl (C=O) groups excluding carboxylic acids is 2. The monoisotopic (exact) mass is 337 g/mol. The smallest absolute Gasteiger partial charge is 0.336 e. The predicted octanol–water partition coefficient (Wildman–Crippen LogP) is 3.83. The lowest BCUT2D eigenvalue weighted by Gasteiger charge is -2.06. The minimum Gasteiger partial charge on any atom is -0.497 e. The highest BCUT2D eigenvalue weighted by Gasteiger charge is 2.04. The van der Waals surface area contributed by atoms with Crippen molar-refractivity contribution in [3.8, 4) is 11.5 Å². The molecule has 5 heteroatoms. The molecule has 0 radical (unpaired) electrons. The highest BCUT2D eigenvalue weighted by Crippen LogP contribution is 2.17. The molecule has 0 bridgehead atoms. The molecule has 2 rings (SSSR count). The number of hydrogen-bond acceptors (Lipinski definition) is 4. The lowest BCUT2D eigenvalue weighted by molar-refractivity contribution is -0.128. The van der Waals surface area contributed by atoms with Crippen molar-refractivity contribution in [3.63, 3.8) is 0 Å². The minimum absolute atomic E-state index is 0.257. The molecule has 0 aliphatic carbocycles. The highest BCUT2D eigenvalue weighted by molar-refractivity contribution is 6.02. The molecular weight excluding hydrogens is 318 g/mol. The third-order valence-corrected chi connectivity index (χ3v) is 3.25. The first-order chi connectivity index (χ1) is 12.0. The van der Waals surface area contributed by atoms with Crippen LogP contribution in [0.4, 0.5) is 5.69 Å². The summed E-state index contributed by atoms with van der Waals surface area (Å²) in [5, 5.41) is 2.67. The maximum atomic E-state index is 11.8. The summed E-state index contributed by atoms with van der Waals surface area (Å²) in [7, 11) is 1.59. The van der Waals surface area contributed by atoms with Crippen molar-refractivity contribution in [2.75, 3.05) is 12.4 Å². The zero-order valence-electron chi connectivity index (χ0n) is 14.1. The van der Waals surface area contributed by atoms with Gasteiger partial charge in [0.2, 0.25) is 0 Å². The zero-order chi connectivity index (χ0) is 18.2. The first-order valence-electron chi connectivity index (χ1n) is 7.59. The molecule has 1 N–H and O–H groups in total. The Morgan fingerprint density at radius 1 is 1.00 bits per heavy atom. The van der Waals surface area contributed by atoms with Crippen LogP contribution in [0, 0.1) is 0 Å². The van der Waals surface area contributed by atoms with Crippen molar-refractivity contribution in [2.24, 2.45) is 0 Å². The van der Waals surface area contributed by atoms with Gasteiger partial charge in [-0.3, -0.25) is 4.79 Å². The number of carbonyl (C=O) groups is 2. The fourth-order valence-corrected chi connectivity index (χ4v) is 1.87. The second-order valence-electron chi connectivity index (χ2n) is 5.29. The average molecular weight is 337 g/mol. The lowest BCUT2D eigenvalue weighted by Crippen LogP contribution is -2.11. The quantitative estimate of drug-likeness (QED) is 0.494. The number of anilines is 1. The molecule has 0 aliphatic heterocycles. The van der Waals surface area contributed by atoms with E-state index in [1.807, 2.05) is 24.3 Å². The number of hydrogen-bond donors (Lipinski definition) is 1. The molecule has 0 aromatic heterocycles. The lowest BCUT2D eigenvalue weighted by atomic mass is 10.2. The van der Waals surface area contributed by atoms with Crippen LogP contribution in [0.2, 0.25) is 0 Å². The van der Waals surface area contributed by atoms with E-state index in [0.29, 0.717) is 17.0 Å². The molecule has 0 atom stereocenters. The molecule has 2 aromatic carbocycles. The van der Waals surface area contributed by atoms with Gasteiger partial charge in [-0.05, 0) is 55.0 Å². The molecule has 0 unspecified atom stereocenters. The van der Waals surface area contributed by atoms with Crippen LogP contribution in [0.3, 0.4) is 0 Å². The number of esters is 1. The summed E-state index contributed by atoms with van der Waals surface area (Å²) in [6.45, 7) is 5.19. The van der Waals surface area contributed by atoms with Crippen LogP contribution >= 0.6 is 0 Å². The Bertz CT molecular complexity index is 789. The molecule has 1 amide bonds. The molecule has 0 fully saturated rings. The van der Waals surface area contributed by atoms with E-state index < -0.39 is 5.97 Å². The summed E-state index contributed by atoms with van der Waals surface area (Å²) in [4.78, 5) is 23.4. The highest BCUT2D eigenvalue weighted by atomic mass is 16.5. The fourth-order valence-electron chi connectivity index (χ4n) is 1.87. The van der Waals surface area contributed by atoms with Crippen molar-refractivity contribution in [1.82, 2.24) is 0 Å². The summed E-state index contributed by atoms with van der Waals surface area (Å²) in [5.41, 5.74) is 1.87. The molecule has 0 heterocycles. The standard InChI is InChI=1S/C20H19NO4/c1-14(2)20(23)21-16-7-11-18(12-8-16)25-19(22)13-6-15-4-9-17(24-3)10-5-15/h4-13H,1H2,2-3H3,(H,21,23). The summed E-state index contributed by atoms with van der Waals surface area (Å²) in [5.74, 6) is 0.387. The molecule has 0 aliphatic rings. The van der Waals surface area contributed by atoms with E-state index in [-0.39, 0.29) is 5.91 Å². The third kappa shape index (κ3) is 5.66. The summed E-state index contributed by atoms with van der Waals surface area (Å²) < 4.78 is 10.3. The molecule has 25 heavy (non-hydrogen) atoms. The molecule has 0 saturated carbocycles. The van der Waals surface area contributed by atoms with E-state index in [0.717, 1.165) is 11.3 Å². The van der Waals surface area contributed by atoms with Crippen LogP contribution in [0.1, 0.15) is 12.5 Å². The topological polar surface area (TPSA) is 64.6 Å². The van der Waals surface area contributed by atoms with E-state index in [1.165, 1.54) is 6.08 Å². The van der Waals surface area contributed by atoms with Gasteiger partial charge in [0.15, 0.2) is 0 Å². The normalized spacial score (nSPS) is 10.3. The number of nitrogens with one attached hydrogen (secondary N) is 1. The summed E-state index contributed by atoms with van der Waals surface area (Å²) in [6, 6.07) is 13.8. The molecule has 128 valence electrons. The Labute approximate surface area is 146 Å². The number of amides is 1. The van der Waals surface area contributed by atoms with Crippen molar-refractivity contribution >= 4 is 23.6 Å². The van der Waals surface area contributed by atoms with Crippen LogP contribution in [0.5, 0.6) is 11.5 Å². The van der Waals surface area contributed by atoms with Gasteiger partial charge < -0.3 is 14.8 Å². The van der Waals surface area contributed by atoms with E-state index in [9.17, 15) is 9.59 Å². The van der Waals surface area contributed by atoms with E-state index >= 15 is 0 Å². The Kier molecular flexibility index (Phi) is 6.12. The first-order valence-corrected chi connectivity index (χ1v) is 7.59. The second kappa shape index (κ2) is 8.49. The van der Waals surface area contributed by atoms with Gasteiger partial charge in [0.25, 0.3) is 5.91 Å².